The lowest BCUT2D eigenvalue weighted by atomic mass is 9.77. The number of benzene rings is 1. The number of anilines is 1. The number of amides is 1. The first-order valence-corrected chi connectivity index (χ1v) is 11.3. The zero-order valence-corrected chi connectivity index (χ0v) is 19.4. The molecule has 0 radical (unpaired) electrons. The first kappa shape index (κ1) is 23.2. The summed E-state index contributed by atoms with van der Waals surface area (Å²) in [6.07, 6.45) is 2.69. The Labute approximate surface area is 192 Å². The Balaban J connectivity index is 1.59. The summed E-state index contributed by atoms with van der Waals surface area (Å²) in [6.45, 7) is 6.91. The number of nitrogens with zero attached hydrogens (tertiary/aromatic N) is 2. The van der Waals surface area contributed by atoms with Crippen LogP contribution in [-0.2, 0) is 9.53 Å². The summed E-state index contributed by atoms with van der Waals surface area (Å²) in [5.74, 6) is -1.02. The van der Waals surface area contributed by atoms with Gasteiger partial charge < -0.3 is 15.0 Å². The largest absolute Gasteiger partial charge is 0.444 e. The normalized spacial score (nSPS) is 24.8. The minimum absolute atomic E-state index is 0.0584. The van der Waals surface area contributed by atoms with Gasteiger partial charge in [0.05, 0.1) is 30.3 Å². The molecule has 6 nitrogen and oxygen atoms in total. The number of ketones is 1. The number of hydrogen-bond donors (Lipinski definition) is 1. The Bertz CT molecular complexity index is 1080. The molecule has 0 spiro atoms. The van der Waals surface area contributed by atoms with Gasteiger partial charge in [-0.25, -0.2) is 13.6 Å². The predicted molar refractivity (Wildman–Crippen MR) is 120 cm³/mol. The smallest absolute Gasteiger partial charge is 0.407 e. The minimum atomic E-state index is -1.73. The number of Topliss-reactive ketones (excluding diaryl/α,β-unsaturated/α-hetero) is 1. The molecule has 176 valence electrons. The molecule has 4 rings (SSSR count). The summed E-state index contributed by atoms with van der Waals surface area (Å²) in [6, 6.07) is 3.30. The molecule has 2 unspecified atom stereocenters. The van der Waals surface area contributed by atoms with Gasteiger partial charge in [-0.2, -0.15) is 5.26 Å². The molecule has 3 aliphatic rings. The Kier molecular flexibility index (Phi) is 5.71. The maximum Gasteiger partial charge on any atom is 0.407 e. The summed E-state index contributed by atoms with van der Waals surface area (Å²) in [5, 5.41) is 11.8. The van der Waals surface area contributed by atoms with Crippen molar-refractivity contribution in [3.63, 3.8) is 0 Å². The second-order valence-corrected chi connectivity index (χ2v) is 10.4. The number of alkyl halides is 1. The fourth-order valence-electron chi connectivity index (χ4n) is 4.93. The number of halogens is 2. The number of nitrogens with one attached hydrogen (secondary N) is 1. The second-order valence-electron chi connectivity index (χ2n) is 10.4. The molecule has 1 amide bonds. The molecular weight excluding hydrogens is 428 g/mol. The van der Waals surface area contributed by atoms with E-state index in [0.717, 1.165) is 18.4 Å². The van der Waals surface area contributed by atoms with Gasteiger partial charge in [-0.05, 0) is 75.3 Å². The van der Waals surface area contributed by atoms with Crippen molar-refractivity contribution in [1.29, 1.82) is 5.26 Å². The van der Waals surface area contributed by atoms with Crippen LogP contribution >= 0.6 is 0 Å². The summed E-state index contributed by atoms with van der Waals surface area (Å²) >= 11 is 0. The molecule has 2 aliphatic carbocycles. The Morgan fingerprint density at radius 3 is 2.70 bits per heavy atom. The third-order valence-electron chi connectivity index (χ3n) is 6.52. The van der Waals surface area contributed by atoms with E-state index in [4.69, 9.17) is 4.74 Å². The number of carbonyl (C=O) groups excluding carboxylic acids is 2. The van der Waals surface area contributed by atoms with E-state index in [9.17, 15) is 14.9 Å². The van der Waals surface area contributed by atoms with Gasteiger partial charge in [0.1, 0.15) is 23.2 Å². The lowest BCUT2D eigenvalue weighted by Gasteiger charge is -2.30. The first-order chi connectivity index (χ1) is 15.4. The molecule has 8 heteroatoms. The fourth-order valence-corrected chi connectivity index (χ4v) is 4.93. The Hall–Kier alpha value is -2.95. The van der Waals surface area contributed by atoms with Gasteiger partial charge in [0.15, 0.2) is 5.78 Å². The van der Waals surface area contributed by atoms with Crippen LogP contribution < -0.4 is 10.2 Å². The first-order valence-electron chi connectivity index (χ1n) is 11.3. The van der Waals surface area contributed by atoms with E-state index in [1.54, 1.807) is 32.6 Å². The molecule has 2 atom stereocenters. The maximum atomic E-state index is 15.5. The summed E-state index contributed by atoms with van der Waals surface area (Å²) in [5.41, 5.74) is -0.145. The molecule has 0 aromatic heterocycles. The van der Waals surface area contributed by atoms with Crippen LogP contribution in [0.5, 0.6) is 0 Å². The summed E-state index contributed by atoms with van der Waals surface area (Å²) in [4.78, 5) is 26.5. The average molecular weight is 458 g/mol. The van der Waals surface area contributed by atoms with Crippen LogP contribution in [0.2, 0.25) is 0 Å². The van der Waals surface area contributed by atoms with Crippen LogP contribution in [0.3, 0.4) is 0 Å². The number of allylic oxidation sites excluding steroid dienone is 1. The monoisotopic (exact) mass is 457 g/mol. The van der Waals surface area contributed by atoms with Crippen molar-refractivity contribution in [2.75, 3.05) is 24.5 Å². The third kappa shape index (κ3) is 4.59. The Morgan fingerprint density at radius 1 is 1.39 bits per heavy atom. The van der Waals surface area contributed by atoms with Gasteiger partial charge in [0.25, 0.3) is 0 Å². The van der Waals surface area contributed by atoms with Crippen LogP contribution in [-0.4, -0.2) is 42.8 Å². The second kappa shape index (κ2) is 8.12. The highest BCUT2D eigenvalue weighted by Crippen LogP contribution is 2.50. The number of nitriles is 1. The number of rotatable bonds is 4. The van der Waals surface area contributed by atoms with E-state index in [1.807, 2.05) is 6.07 Å². The SMILES string of the molecule is Cc1c2c(cc(F)c1N1CCC(F)(CNC(=O)OC(C)(C)C)C1)C=C(C#N)C(=O)C2C1CC1. The van der Waals surface area contributed by atoms with E-state index in [1.165, 1.54) is 12.1 Å². The highest BCUT2D eigenvalue weighted by atomic mass is 19.1. The number of carbonyl (C=O) groups is 2. The van der Waals surface area contributed by atoms with Gasteiger partial charge in [-0.15, -0.1) is 0 Å². The van der Waals surface area contributed by atoms with Crippen LogP contribution in [0.4, 0.5) is 19.3 Å². The minimum Gasteiger partial charge on any atom is -0.444 e. The van der Waals surface area contributed by atoms with E-state index in [0.29, 0.717) is 11.1 Å². The quantitative estimate of drug-likeness (QED) is 0.717. The third-order valence-corrected chi connectivity index (χ3v) is 6.52. The predicted octanol–water partition coefficient (Wildman–Crippen LogP) is 4.56. The molecule has 33 heavy (non-hydrogen) atoms. The van der Waals surface area contributed by atoms with Crippen molar-refractivity contribution in [2.45, 2.75) is 64.1 Å². The molecule has 0 bridgehead atoms. The van der Waals surface area contributed by atoms with E-state index < -0.39 is 29.1 Å². The van der Waals surface area contributed by atoms with Crippen molar-refractivity contribution < 1.29 is 23.1 Å². The molecule has 1 N–H and O–H groups in total. The van der Waals surface area contributed by atoms with Gasteiger partial charge >= 0.3 is 6.09 Å². The molecule has 1 aromatic rings. The lowest BCUT2D eigenvalue weighted by Crippen LogP contribution is -2.43. The highest BCUT2D eigenvalue weighted by Gasteiger charge is 2.45. The molecule has 1 aromatic carbocycles. The average Bonchev–Trinajstić information content (AvgIpc) is 3.48. The highest BCUT2D eigenvalue weighted by molar-refractivity contribution is 6.10. The van der Waals surface area contributed by atoms with E-state index >= 15 is 8.78 Å². The molecular formula is C25H29F2N3O3. The molecule has 1 heterocycles. The van der Waals surface area contributed by atoms with E-state index in [2.05, 4.69) is 5.32 Å². The number of alkyl carbamates (subject to hydrolysis) is 1. The molecule has 2 fully saturated rings. The van der Waals surface area contributed by atoms with Crippen LogP contribution in [0.15, 0.2) is 11.6 Å². The van der Waals surface area contributed by atoms with Gasteiger partial charge in [0, 0.05) is 13.0 Å². The zero-order chi connectivity index (χ0) is 24.1. The van der Waals surface area contributed by atoms with Gasteiger partial charge in [-0.3, -0.25) is 4.79 Å². The van der Waals surface area contributed by atoms with Crippen molar-refractivity contribution in [3.8, 4) is 6.07 Å². The number of ether oxygens (including phenoxy) is 1. The van der Waals surface area contributed by atoms with Crippen LogP contribution in [0, 0.1) is 30.0 Å². The molecule has 1 saturated carbocycles. The fraction of sp³-hybridized carbons (Fsp3) is 0.560. The Morgan fingerprint density at radius 2 is 2.09 bits per heavy atom. The number of hydrogen-bond acceptors (Lipinski definition) is 5. The number of fused-ring (bicyclic) bond motifs is 1. The maximum absolute atomic E-state index is 15.5. The summed E-state index contributed by atoms with van der Waals surface area (Å²) in [7, 11) is 0. The van der Waals surface area contributed by atoms with Crippen molar-refractivity contribution >= 4 is 23.6 Å². The topological polar surface area (TPSA) is 82.4 Å². The zero-order valence-electron chi connectivity index (χ0n) is 19.4. The van der Waals surface area contributed by atoms with Crippen LogP contribution in [0.1, 0.15) is 62.6 Å². The molecule has 1 aliphatic heterocycles. The summed E-state index contributed by atoms with van der Waals surface area (Å²) < 4.78 is 35.9. The van der Waals surface area contributed by atoms with Crippen LogP contribution in [0.25, 0.3) is 6.08 Å². The van der Waals surface area contributed by atoms with E-state index in [-0.39, 0.29) is 49.0 Å². The van der Waals surface area contributed by atoms with Crippen molar-refractivity contribution in [2.24, 2.45) is 5.92 Å². The molecule has 1 saturated heterocycles. The van der Waals surface area contributed by atoms with Gasteiger partial charge in [0.2, 0.25) is 0 Å². The van der Waals surface area contributed by atoms with Gasteiger partial charge in [-0.1, -0.05) is 0 Å². The van der Waals surface area contributed by atoms with Crippen molar-refractivity contribution in [3.05, 3.63) is 34.1 Å². The standard InChI is InChI=1S/C25H29F2N3O3/c1-14-19-16(9-17(11-28)22(31)20(19)15-5-6-15)10-18(26)21(14)30-8-7-25(27,13-30)12-29-23(32)33-24(2,3)4/h9-10,15,20H,5-8,12-13H2,1-4H3,(H,29,32). The van der Waals surface area contributed by atoms with Crippen molar-refractivity contribution in [1.82, 2.24) is 5.32 Å². The lowest BCUT2D eigenvalue weighted by molar-refractivity contribution is -0.117.